The van der Waals surface area contributed by atoms with Crippen molar-refractivity contribution in [3.05, 3.63) is 29.8 Å². The molecule has 1 amide bonds. The Morgan fingerprint density at radius 1 is 1.32 bits per heavy atom. The van der Waals surface area contributed by atoms with Crippen molar-refractivity contribution in [2.45, 2.75) is 26.4 Å². The number of carbonyl (C=O) groups excluding carboxylic acids is 1. The molecule has 124 valence electrons. The number of nitrogens with two attached hydrogens (primary N) is 1. The van der Waals surface area contributed by atoms with Crippen molar-refractivity contribution < 1.29 is 9.53 Å². The molecule has 22 heavy (non-hydrogen) atoms. The molecule has 1 fully saturated rings. The molecule has 1 saturated heterocycles. The summed E-state index contributed by atoms with van der Waals surface area (Å²) < 4.78 is 5.39. The second-order valence-electron chi connectivity index (χ2n) is 5.72. The number of para-hydroxylation sites is 1. The molecule has 1 aromatic carbocycles. The van der Waals surface area contributed by atoms with Crippen LogP contribution in [0.3, 0.4) is 0 Å². The van der Waals surface area contributed by atoms with E-state index in [0.29, 0.717) is 6.54 Å². The summed E-state index contributed by atoms with van der Waals surface area (Å²) in [4.78, 5) is 14.3. The number of rotatable bonds is 5. The molecule has 1 aromatic rings. The fourth-order valence-corrected chi connectivity index (χ4v) is 2.38. The van der Waals surface area contributed by atoms with Crippen LogP contribution in [0.15, 0.2) is 24.3 Å². The molecule has 1 atom stereocenters. The lowest BCUT2D eigenvalue weighted by Gasteiger charge is -2.30. The first kappa shape index (κ1) is 18.7. The zero-order valence-electron chi connectivity index (χ0n) is 13.2. The quantitative estimate of drug-likeness (QED) is 0.861. The van der Waals surface area contributed by atoms with Gasteiger partial charge in [0.25, 0.3) is 0 Å². The Kier molecular flexibility index (Phi) is 7.65. The summed E-state index contributed by atoms with van der Waals surface area (Å²) in [5, 5.41) is 2.94. The summed E-state index contributed by atoms with van der Waals surface area (Å²) in [6.07, 6.45) is 0. The van der Waals surface area contributed by atoms with Crippen LogP contribution < -0.4 is 16.0 Å². The largest absolute Gasteiger partial charge is 0.378 e. The van der Waals surface area contributed by atoms with E-state index in [9.17, 15) is 4.79 Å². The molecule has 5 nitrogen and oxygen atoms in total. The number of hydrogen-bond acceptors (Lipinski definition) is 4. The molecule has 0 radical (unpaired) electrons. The van der Waals surface area contributed by atoms with Crippen molar-refractivity contribution in [1.82, 2.24) is 5.32 Å². The normalized spacial score (nSPS) is 16.1. The van der Waals surface area contributed by atoms with Crippen LogP contribution >= 0.6 is 12.4 Å². The lowest BCUT2D eigenvalue weighted by molar-refractivity contribution is -0.123. The number of nitrogens with one attached hydrogen (secondary N) is 1. The Morgan fingerprint density at radius 3 is 2.59 bits per heavy atom. The van der Waals surface area contributed by atoms with Crippen molar-refractivity contribution in [3.63, 3.8) is 0 Å². The highest BCUT2D eigenvalue weighted by Gasteiger charge is 2.18. The molecular formula is C16H26ClN3O2. The van der Waals surface area contributed by atoms with Gasteiger partial charge in [0.2, 0.25) is 5.91 Å². The summed E-state index contributed by atoms with van der Waals surface area (Å²) in [5.74, 6) is 0.0428. The Bertz CT molecular complexity index is 476. The summed E-state index contributed by atoms with van der Waals surface area (Å²) >= 11 is 0. The molecule has 0 saturated carbocycles. The first-order valence-corrected chi connectivity index (χ1v) is 7.53. The Balaban J connectivity index is 0.00000242. The van der Waals surface area contributed by atoms with Crippen LogP contribution in [0.4, 0.5) is 5.69 Å². The maximum Gasteiger partial charge on any atom is 0.237 e. The first-order valence-electron chi connectivity index (χ1n) is 7.53. The van der Waals surface area contributed by atoms with E-state index in [1.165, 1.54) is 5.69 Å². The van der Waals surface area contributed by atoms with Crippen molar-refractivity contribution in [1.29, 1.82) is 0 Å². The highest BCUT2D eigenvalue weighted by molar-refractivity contribution is 5.85. The van der Waals surface area contributed by atoms with Gasteiger partial charge >= 0.3 is 0 Å². The molecular weight excluding hydrogens is 302 g/mol. The predicted molar refractivity (Wildman–Crippen MR) is 91.4 cm³/mol. The predicted octanol–water partition coefficient (Wildman–Crippen LogP) is 1.54. The zero-order valence-corrected chi connectivity index (χ0v) is 14.1. The number of ether oxygens (including phenoxy) is 1. The Hall–Kier alpha value is -1.30. The van der Waals surface area contributed by atoms with Crippen LogP contribution in [0.5, 0.6) is 0 Å². The summed E-state index contributed by atoms with van der Waals surface area (Å²) in [7, 11) is 0. The molecule has 0 unspecified atom stereocenters. The van der Waals surface area contributed by atoms with E-state index in [0.717, 1.165) is 31.9 Å². The number of amides is 1. The average molecular weight is 328 g/mol. The zero-order chi connectivity index (χ0) is 15.2. The van der Waals surface area contributed by atoms with Gasteiger partial charge in [0.05, 0.1) is 19.3 Å². The van der Waals surface area contributed by atoms with Crippen LogP contribution in [-0.4, -0.2) is 38.3 Å². The van der Waals surface area contributed by atoms with Gasteiger partial charge in [0.15, 0.2) is 0 Å². The van der Waals surface area contributed by atoms with Crippen molar-refractivity contribution in [2.24, 2.45) is 11.7 Å². The van der Waals surface area contributed by atoms with Crippen LogP contribution in [0, 0.1) is 5.92 Å². The minimum Gasteiger partial charge on any atom is -0.378 e. The minimum absolute atomic E-state index is 0. The maximum absolute atomic E-state index is 12.0. The van der Waals surface area contributed by atoms with E-state index in [-0.39, 0.29) is 24.2 Å². The summed E-state index contributed by atoms with van der Waals surface area (Å²) in [5.41, 5.74) is 8.15. The Morgan fingerprint density at radius 2 is 1.95 bits per heavy atom. The maximum atomic E-state index is 12.0. The van der Waals surface area contributed by atoms with Gasteiger partial charge in [-0.05, 0) is 17.5 Å². The number of nitrogens with zero attached hydrogens (tertiary/aromatic N) is 1. The van der Waals surface area contributed by atoms with Gasteiger partial charge in [-0.25, -0.2) is 0 Å². The van der Waals surface area contributed by atoms with Gasteiger partial charge in [-0.2, -0.15) is 0 Å². The highest BCUT2D eigenvalue weighted by Crippen LogP contribution is 2.21. The van der Waals surface area contributed by atoms with E-state index in [4.69, 9.17) is 10.5 Å². The van der Waals surface area contributed by atoms with Crippen molar-refractivity contribution in [2.75, 3.05) is 31.2 Å². The van der Waals surface area contributed by atoms with E-state index < -0.39 is 6.04 Å². The monoisotopic (exact) mass is 327 g/mol. The third-order valence-electron chi connectivity index (χ3n) is 3.82. The van der Waals surface area contributed by atoms with E-state index in [1.54, 1.807) is 0 Å². The smallest absolute Gasteiger partial charge is 0.237 e. The third-order valence-corrected chi connectivity index (χ3v) is 3.82. The van der Waals surface area contributed by atoms with E-state index in [2.05, 4.69) is 16.3 Å². The second-order valence-corrected chi connectivity index (χ2v) is 5.72. The molecule has 1 heterocycles. The topological polar surface area (TPSA) is 67.6 Å². The molecule has 0 spiro atoms. The van der Waals surface area contributed by atoms with Crippen molar-refractivity contribution in [3.8, 4) is 0 Å². The molecule has 2 rings (SSSR count). The third kappa shape index (κ3) is 4.87. The van der Waals surface area contributed by atoms with Gasteiger partial charge in [-0.3, -0.25) is 4.79 Å². The SMILES string of the molecule is CC(C)[C@H](N)C(=O)NCc1ccccc1N1CCOCC1.Cl. The van der Waals surface area contributed by atoms with Gasteiger partial charge < -0.3 is 20.7 Å². The van der Waals surface area contributed by atoms with Gasteiger partial charge in [-0.15, -0.1) is 12.4 Å². The molecule has 0 aromatic heterocycles. The van der Waals surface area contributed by atoms with Gasteiger partial charge in [0, 0.05) is 25.3 Å². The molecule has 1 aliphatic heterocycles. The number of morpholine rings is 1. The van der Waals surface area contributed by atoms with Crippen LogP contribution in [0.25, 0.3) is 0 Å². The summed E-state index contributed by atoms with van der Waals surface area (Å²) in [6, 6.07) is 7.70. The molecule has 6 heteroatoms. The molecule has 3 N–H and O–H groups in total. The first-order chi connectivity index (χ1) is 10.1. The fourth-order valence-electron chi connectivity index (χ4n) is 2.38. The average Bonchev–Trinajstić information content (AvgIpc) is 2.52. The number of benzene rings is 1. The lowest BCUT2D eigenvalue weighted by Crippen LogP contribution is -2.44. The van der Waals surface area contributed by atoms with Crippen molar-refractivity contribution >= 4 is 24.0 Å². The van der Waals surface area contributed by atoms with Crippen LogP contribution in [-0.2, 0) is 16.1 Å². The molecule has 1 aliphatic rings. The summed E-state index contributed by atoms with van der Waals surface area (Å²) in [6.45, 7) is 7.68. The fraction of sp³-hybridized carbons (Fsp3) is 0.562. The number of carbonyl (C=O) groups is 1. The van der Waals surface area contributed by atoms with E-state index in [1.807, 2.05) is 32.0 Å². The second kappa shape index (κ2) is 8.98. The lowest BCUT2D eigenvalue weighted by atomic mass is 10.0. The van der Waals surface area contributed by atoms with Gasteiger partial charge in [-0.1, -0.05) is 32.0 Å². The number of halogens is 1. The number of hydrogen-bond donors (Lipinski definition) is 2. The van der Waals surface area contributed by atoms with Crippen LogP contribution in [0.1, 0.15) is 19.4 Å². The molecule has 0 bridgehead atoms. The minimum atomic E-state index is -0.458. The number of anilines is 1. The van der Waals surface area contributed by atoms with E-state index >= 15 is 0 Å². The standard InChI is InChI=1S/C16H25N3O2.ClH/c1-12(2)15(17)16(20)18-11-13-5-3-4-6-14(13)19-7-9-21-10-8-19;/h3-6,12,15H,7-11,17H2,1-2H3,(H,18,20);1H/t15-;/m0./s1. The molecule has 0 aliphatic carbocycles. The van der Waals surface area contributed by atoms with Crippen LogP contribution in [0.2, 0.25) is 0 Å². The Labute approximate surface area is 138 Å². The van der Waals surface area contributed by atoms with Gasteiger partial charge in [0.1, 0.15) is 0 Å². The highest BCUT2D eigenvalue weighted by atomic mass is 35.5.